The average molecular weight is 223 g/mol. The van der Waals surface area contributed by atoms with Gasteiger partial charge in [0.25, 0.3) is 0 Å². The lowest BCUT2D eigenvalue weighted by Gasteiger charge is -2.19. The molecule has 15 heavy (non-hydrogen) atoms. The van der Waals surface area contributed by atoms with E-state index in [1.54, 1.807) is 17.5 Å². The Bertz CT molecular complexity index is 378. The molecule has 1 amide bonds. The minimum Gasteiger partial charge on any atom is -0.311 e. The van der Waals surface area contributed by atoms with Crippen molar-refractivity contribution in [2.24, 2.45) is 5.92 Å². The molecule has 3 atom stereocenters. The van der Waals surface area contributed by atoms with Crippen LogP contribution in [0.2, 0.25) is 0 Å². The summed E-state index contributed by atoms with van der Waals surface area (Å²) in [5.41, 5.74) is 0. The lowest BCUT2D eigenvalue weighted by atomic mass is 10.0. The van der Waals surface area contributed by atoms with E-state index in [4.69, 9.17) is 0 Å². The SMILES string of the molecule is C[C@@H]1C(=O)N(c2nccs2)[C@H]2CCN[C@H]12. The number of aromatic nitrogens is 1. The average Bonchev–Trinajstić information content (AvgIpc) is 2.89. The molecule has 0 saturated carbocycles. The summed E-state index contributed by atoms with van der Waals surface area (Å²) in [4.78, 5) is 18.2. The van der Waals surface area contributed by atoms with E-state index in [9.17, 15) is 4.79 Å². The number of carbonyl (C=O) groups excluding carboxylic acids is 1. The van der Waals surface area contributed by atoms with Crippen LogP contribution in [0.15, 0.2) is 11.6 Å². The van der Waals surface area contributed by atoms with Crippen molar-refractivity contribution in [1.82, 2.24) is 10.3 Å². The van der Waals surface area contributed by atoms with E-state index < -0.39 is 0 Å². The summed E-state index contributed by atoms with van der Waals surface area (Å²) < 4.78 is 0. The predicted molar refractivity (Wildman–Crippen MR) is 59.0 cm³/mol. The molecule has 4 nitrogen and oxygen atoms in total. The first-order chi connectivity index (χ1) is 7.29. The molecule has 2 aliphatic rings. The molecule has 0 aromatic carbocycles. The lowest BCUT2D eigenvalue weighted by Crippen LogP contribution is -2.35. The Morgan fingerprint density at radius 2 is 2.53 bits per heavy atom. The number of fused-ring (bicyclic) bond motifs is 1. The summed E-state index contributed by atoms with van der Waals surface area (Å²) in [7, 11) is 0. The number of thiazole rings is 1. The van der Waals surface area contributed by atoms with Crippen LogP contribution in [0.4, 0.5) is 5.13 Å². The summed E-state index contributed by atoms with van der Waals surface area (Å²) in [6.07, 6.45) is 2.80. The van der Waals surface area contributed by atoms with Crippen molar-refractivity contribution < 1.29 is 4.79 Å². The zero-order chi connectivity index (χ0) is 10.4. The number of anilines is 1. The molecule has 0 spiro atoms. The van der Waals surface area contributed by atoms with Crippen molar-refractivity contribution in [2.75, 3.05) is 11.4 Å². The second kappa shape index (κ2) is 3.28. The zero-order valence-electron chi connectivity index (χ0n) is 8.51. The maximum Gasteiger partial charge on any atom is 0.233 e. The van der Waals surface area contributed by atoms with Gasteiger partial charge in [-0.15, -0.1) is 11.3 Å². The molecule has 0 radical (unpaired) electrons. The Hall–Kier alpha value is -0.940. The van der Waals surface area contributed by atoms with Crippen LogP contribution in [-0.4, -0.2) is 29.5 Å². The standard InChI is InChI=1S/C10H13N3OS/c1-6-8-7(2-3-11-8)13(9(6)14)10-12-4-5-15-10/h4-8,11H,2-3H2,1H3/t6-,7-,8+/m0/s1. The van der Waals surface area contributed by atoms with Gasteiger partial charge in [-0.3, -0.25) is 9.69 Å². The molecule has 1 aromatic rings. The zero-order valence-corrected chi connectivity index (χ0v) is 9.33. The van der Waals surface area contributed by atoms with Crippen molar-refractivity contribution in [3.63, 3.8) is 0 Å². The normalized spacial score (nSPS) is 34.9. The number of nitrogens with zero attached hydrogens (tertiary/aromatic N) is 2. The van der Waals surface area contributed by atoms with Gasteiger partial charge in [-0.2, -0.15) is 0 Å². The van der Waals surface area contributed by atoms with Crippen LogP contribution in [0.25, 0.3) is 0 Å². The lowest BCUT2D eigenvalue weighted by molar-refractivity contribution is -0.120. The van der Waals surface area contributed by atoms with Crippen molar-refractivity contribution in [3.05, 3.63) is 11.6 Å². The topological polar surface area (TPSA) is 45.2 Å². The molecule has 2 aliphatic heterocycles. The summed E-state index contributed by atoms with van der Waals surface area (Å²) in [5, 5.41) is 6.17. The second-order valence-corrected chi connectivity index (χ2v) is 5.02. The second-order valence-electron chi connectivity index (χ2n) is 4.15. The van der Waals surface area contributed by atoms with Crippen LogP contribution >= 0.6 is 11.3 Å². The summed E-state index contributed by atoms with van der Waals surface area (Å²) in [6, 6.07) is 0.639. The van der Waals surface area contributed by atoms with E-state index in [-0.39, 0.29) is 11.8 Å². The first-order valence-corrected chi connectivity index (χ1v) is 6.13. The third kappa shape index (κ3) is 1.23. The van der Waals surface area contributed by atoms with E-state index in [0.717, 1.165) is 18.1 Å². The van der Waals surface area contributed by atoms with Crippen molar-refractivity contribution in [3.8, 4) is 0 Å². The van der Waals surface area contributed by atoms with Crippen molar-refractivity contribution in [2.45, 2.75) is 25.4 Å². The van der Waals surface area contributed by atoms with Crippen molar-refractivity contribution >= 4 is 22.4 Å². The Kier molecular flexibility index (Phi) is 2.03. The van der Waals surface area contributed by atoms with Gasteiger partial charge < -0.3 is 5.32 Å². The molecule has 5 heteroatoms. The van der Waals surface area contributed by atoms with E-state index in [0.29, 0.717) is 12.1 Å². The third-order valence-corrected chi connectivity index (χ3v) is 4.13. The van der Waals surface area contributed by atoms with Gasteiger partial charge in [-0.05, 0) is 13.0 Å². The van der Waals surface area contributed by atoms with Gasteiger partial charge in [0.2, 0.25) is 5.91 Å². The molecule has 3 rings (SSSR count). The van der Waals surface area contributed by atoms with Gasteiger partial charge in [0.05, 0.1) is 12.0 Å². The maximum absolute atomic E-state index is 12.1. The molecule has 2 fully saturated rings. The Morgan fingerprint density at radius 3 is 3.27 bits per heavy atom. The minimum atomic E-state index is 0.0846. The van der Waals surface area contributed by atoms with Crippen LogP contribution in [-0.2, 0) is 4.79 Å². The molecule has 2 saturated heterocycles. The van der Waals surface area contributed by atoms with Gasteiger partial charge in [-0.1, -0.05) is 6.92 Å². The van der Waals surface area contributed by atoms with E-state index >= 15 is 0 Å². The highest BCUT2D eigenvalue weighted by molar-refractivity contribution is 7.13. The maximum atomic E-state index is 12.1. The smallest absolute Gasteiger partial charge is 0.233 e. The molecular formula is C10H13N3OS. The van der Waals surface area contributed by atoms with E-state index in [1.165, 1.54) is 0 Å². The summed E-state index contributed by atoms with van der Waals surface area (Å²) in [5.74, 6) is 0.300. The number of amides is 1. The molecule has 0 bridgehead atoms. The van der Waals surface area contributed by atoms with Gasteiger partial charge >= 0.3 is 0 Å². The highest BCUT2D eigenvalue weighted by Crippen LogP contribution is 2.35. The number of hydrogen-bond donors (Lipinski definition) is 1. The number of carbonyl (C=O) groups is 1. The van der Waals surface area contributed by atoms with Crippen LogP contribution in [0.1, 0.15) is 13.3 Å². The Morgan fingerprint density at radius 1 is 1.67 bits per heavy atom. The van der Waals surface area contributed by atoms with Gasteiger partial charge in [-0.25, -0.2) is 4.98 Å². The molecule has 80 valence electrons. The van der Waals surface area contributed by atoms with Gasteiger partial charge in [0.1, 0.15) is 0 Å². The highest BCUT2D eigenvalue weighted by Gasteiger charge is 2.49. The molecule has 0 unspecified atom stereocenters. The molecule has 0 aliphatic carbocycles. The molecule has 1 aromatic heterocycles. The van der Waals surface area contributed by atoms with Crippen LogP contribution in [0.5, 0.6) is 0 Å². The largest absolute Gasteiger partial charge is 0.311 e. The number of nitrogens with one attached hydrogen (secondary N) is 1. The fourth-order valence-electron chi connectivity index (χ4n) is 2.62. The predicted octanol–water partition coefficient (Wildman–Crippen LogP) is 0.856. The first kappa shape index (κ1) is 9.30. The van der Waals surface area contributed by atoms with Crippen LogP contribution in [0.3, 0.4) is 0 Å². The summed E-state index contributed by atoms with van der Waals surface area (Å²) in [6.45, 7) is 3.01. The highest BCUT2D eigenvalue weighted by atomic mass is 32.1. The third-order valence-electron chi connectivity index (χ3n) is 3.36. The first-order valence-electron chi connectivity index (χ1n) is 5.25. The molecule has 1 N–H and O–H groups in total. The van der Waals surface area contributed by atoms with Gasteiger partial charge in [0.15, 0.2) is 5.13 Å². The van der Waals surface area contributed by atoms with Crippen LogP contribution < -0.4 is 10.2 Å². The fourth-order valence-corrected chi connectivity index (χ4v) is 3.32. The number of rotatable bonds is 1. The Labute approximate surface area is 92.3 Å². The van der Waals surface area contributed by atoms with Gasteiger partial charge in [0, 0.05) is 17.6 Å². The van der Waals surface area contributed by atoms with Crippen molar-refractivity contribution in [1.29, 1.82) is 0 Å². The number of hydrogen-bond acceptors (Lipinski definition) is 4. The summed E-state index contributed by atoms with van der Waals surface area (Å²) >= 11 is 1.54. The molecule has 3 heterocycles. The quantitative estimate of drug-likeness (QED) is 0.768. The van der Waals surface area contributed by atoms with E-state index in [2.05, 4.69) is 10.3 Å². The van der Waals surface area contributed by atoms with E-state index in [1.807, 2.05) is 17.2 Å². The van der Waals surface area contributed by atoms with Crippen LogP contribution in [0, 0.1) is 5.92 Å². The Balaban J connectivity index is 1.98. The molecular weight excluding hydrogens is 210 g/mol. The fraction of sp³-hybridized carbons (Fsp3) is 0.600. The minimum absolute atomic E-state index is 0.0846. The monoisotopic (exact) mass is 223 g/mol.